The van der Waals surface area contributed by atoms with Crippen molar-refractivity contribution >= 4 is 6.03 Å². The molecule has 0 radical (unpaired) electrons. The maximum atomic E-state index is 12.0. The molecule has 0 saturated heterocycles. The third-order valence-electron chi connectivity index (χ3n) is 4.41. The zero-order valence-corrected chi connectivity index (χ0v) is 13.4. The second-order valence-electron chi connectivity index (χ2n) is 6.08. The van der Waals surface area contributed by atoms with E-state index >= 15 is 0 Å². The molecular weight excluding hydrogens is 280 g/mol. The highest BCUT2D eigenvalue weighted by molar-refractivity contribution is 5.74. The van der Waals surface area contributed by atoms with Crippen LogP contribution in [-0.2, 0) is 6.42 Å². The molecule has 0 bridgehead atoms. The summed E-state index contributed by atoms with van der Waals surface area (Å²) in [6.07, 6.45) is 4.57. The lowest BCUT2D eigenvalue weighted by Gasteiger charge is -2.28. The Bertz CT molecular complexity index is 511. The van der Waals surface area contributed by atoms with Crippen LogP contribution in [0.4, 0.5) is 4.79 Å². The SMILES string of the molecule is COc1cc(CCNC(=O)NC2(CO)CCCC2)ccc1C. The van der Waals surface area contributed by atoms with Crippen molar-refractivity contribution in [2.45, 2.75) is 44.6 Å². The summed E-state index contributed by atoms with van der Waals surface area (Å²) < 4.78 is 5.30. The van der Waals surface area contributed by atoms with E-state index in [4.69, 9.17) is 4.74 Å². The predicted molar refractivity (Wildman–Crippen MR) is 86.3 cm³/mol. The molecule has 3 N–H and O–H groups in total. The summed E-state index contributed by atoms with van der Waals surface area (Å²) >= 11 is 0. The van der Waals surface area contributed by atoms with Crippen molar-refractivity contribution in [1.29, 1.82) is 0 Å². The van der Waals surface area contributed by atoms with Crippen molar-refractivity contribution in [3.05, 3.63) is 29.3 Å². The van der Waals surface area contributed by atoms with E-state index in [1.54, 1.807) is 7.11 Å². The van der Waals surface area contributed by atoms with Gasteiger partial charge in [-0.05, 0) is 43.4 Å². The molecule has 2 amide bonds. The highest BCUT2D eigenvalue weighted by Gasteiger charge is 2.34. The summed E-state index contributed by atoms with van der Waals surface area (Å²) in [5.74, 6) is 0.868. The molecule has 0 aromatic heterocycles. The van der Waals surface area contributed by atoms with Crippen LogP contribution in [0.2, 0.25) is 0 Å². The Morgan fingerprint density at radius 2 is 2.09 bits per heavy atom. The zero-order chi connectivity index (χ0) is 16.0. The molecule has 0 heterocycles. The highest BCUT2D eigenvalue weighted by atomic mass is 16.5. The van der Waals surface area contributed by atoms with Gasteiger partial charge in [-0.2, -0.15) is 0 Å². The van der Waals surface area contributed by atoms with Crippen LogP contribution < -0.4 is 15.4 Å². The van der Waals surface area contributed by atoms with Gasteiger partial charge >= 0.3 is 6.03 Å². The first-order valence-electron chi connectivity index (χ1n) is 7.89. The first-order valence-corrected chi connectivity index (χ1v) is 7.89. The number of amides is 2. The van der Waals surface area contributed by atoms with Crippen LogP contribution in [-0.4, -0.2) is 36.9 Å². The van der Waals surface area contributed by atoms with Crippen LogP contribution in [0.5, 0.6) is 5.75 Å². The highest BCUT2D eigenvalue weighted by Crippen LogP contribution is 2.28. The Kier molecular flexibility index (Phi) is 5.66. The van der Waals surface area contributed by atoms with E-state index in [9.17, 15) is 9.90 Å². The van der Waals surface area contributed by atoms with Crippen LogP contribution in [0, 0.1) is 6.92 Å². The normalized spacial score (nSPS) is 16.3. The Labute approximate surface area is 132 Å². The van der Waals surface area contributed by atoms with Crippen LogP contribution in [0.15, 0.2) is 18.2 Å². The standard InChI is InChI=1S/C17H26N2O3/c1-13-5-6-14(11-15(13)22-2)7-10-18-16(21)19-17(12-20)8-3-4-9-17/h5-6,11,20H,3-4,7-10,12H2,1-2H3,(H2,18,19,21). The third-order valence-corrected chi connectivity index (χ3v) is 4.41. The summed E-state index contributed by atoms with van der Waals surface area (Å²) in [6, 6.07) is 5.87. The molecule has 1 fully saturated rings. The van der Waals surface area contributed by atoms with E-state index in [0.29, 0.717) is 6.54 Å². The molecule has 5 nitrogen and oxygen atoms in total. The Hall–Kier alpha value is -1.75. The van der Waals surface area contributed by atoms with Gasteiger partial charge in [-0.1, -0.05) is 25.0 Å². The van der Waals surface area contributed by atoms with E-state index in [1.807, 2.05) is 25.1 Å². The molecule has 5 heteroatoms. The maximum absolute atomic E-state index is 12.0. The van der Waals surface area contributed by atoms with Crippen molar-refractivity contribution in [3.8, 4) is 5.75 Å². The fourth-order valence-electron chi connectivity index (χ4n) is 3.00. The Balaban J connectivity index is 1.79. The fourth-order valence-corrected chi connectivity index (χ4v) is 3.00. The lowest BCUT2D eigenvalue weighted by Crippen LogP contribution is -2.53. The number of carbonyl (C=O) groups excluding carboxylic acids is 1. The van der Waals surface area contributed by atoms with E-state index in [-0.39, 0.29) is 12.6 Å². The number of hydrogen-bond donors (Lipinski definition) is 3. The average Bonchev–Trinajstić information content (AvgIpc) is 2.98. The van der Waals surface area contributed by atoms with Crippen molar-refractivity contribution < 1.29 is 14.6 Å². The quantitative estimate of drug-likeness (QED) is 0.754. The number of aryl methyl sites for hydroxylation is 1. The number of rotatable bonds is 6. The van der Waals surface area contributed by atoms with Gasteiger partial charge in [0.2, 0.25) is 0 Å². The van der Waals surface area contributed by atoms with Crippen LogP contribution in [0.25, 0.3) is 0 Å². The minimum absolute atomic E-state index is 0.00950. The van der Waals surface area contributed by atoms with Gasteiger partial charge in [0.1, 0.15) is 5.75 Å². The summed E-state index contributed by atoms with van der Waals surface area (Å²) in [4.78, 5) is 12.0. The smallest absolute Gasteiger partial charge is 0.315 e. The number of methoxy groups -OCH3 is 1. The van der Waals surface area contributed by atoms with E-state index in [2.05, 4.69) is 10.6 Å². The molecular formula is C17H26N2O3. The average molecular weight is 306 g/mol. The van der Waals surface area contributed by atoms with Crippen LogP contribution in [0.1, 0.15) is 36.8 Å². The predicted octanol–water partition coefficient (Wildman–Crippen LogP) is 2.15. The zero-order valence-electron chi connectivity index (χ0n) is 13.4. The van der Waals surface area contributed by atoms with Crippen LogP contribution >= 0.6 is 0 Å². The minimum atomic E-state index is -0.419. The molecule has 0 atom stereocenters. The van der Waals surface area contributed by atoms with Gasteiger partial charge in [0.05, 0.1) is 19.3 Å². The first-order chi connectivity index (χ1) is 10.6. The third kappa shape index (κ3) is 4.13. The molecule has 0 unspecified atom stereocenters. The number of urea groups is 1. The van der Waals surface area contributed by atoms with Gasteiger partial charge in [-0.3, -0.25) is 0 Å². The maximum Gasteiger partial charge on any atom is 0.315 e. The number of hydrogen-bond acceptors (Lipinski definition) is 3. The largest absolute Gasteiger partial charge is 0.496 e. The number of benzene rings is 1. The Morgan fingerprint density at radius 1 is 1.36 bits per heavy atom. The van der Waals surface area contributed by atoms with Gasteiger partial charge in [-0.25, -0.2) is 4.79 Å². The molecule has 22 heavy (non-hydrogen) atoms. The van der Waals surface area contributed by atoms with Gasteiger partial charge in [-0.15, -0.1) is 0 Å². The van der Waals surface area contributed by atoms with Crippen molar-refractivity contribution in [2.75, 3.05) is 20.3 Å². The molecule has 1 aromatic rings. The lowest BCUT2D eigenvalue weighted by atomic mass is 9.99. The number of carbonyl (C=O) groups is 1. The topological polar surface area (TPSA) is 70.6 Å². The van der Waals surface area contributed by atoms with E-state index in [0.717, 1.165) is 49.0 Å². The number of aliphatic hydroxyl groups is 1. The van der Waals surface area contributed by atoms with Gasteiger partial charge in [0.15, 0.2) is 0 Å². The number of ether oxygens (including phenoxy) is 1. The molecule has 1 aliphatic carbocycles. The van der Waals surface area contributed by atoms with E-state index in [1.165, 1.54) is 0 Å². The second-order valence-corrected chi connectivity index (χ2v) is 6.08. The molecule has 122 valence electrons. The first kappa shape index (κ1) is 16.6. The summed E-state index contributed by atoms with van der Waals surface area (Å²) in [5.41, 5.74) is 1.81. The van der Waals surface area contributed by atoms with Crippen molar-refractivity contribution in [1.82, 2.24) is 10.6 Å². The van der Waals surface area contributed by atoms with Crippen LogP contribution in [0.3, 0.4) is 0 Å². The lowest BCUT2D eigenvalue weighted by molar-refractivity contribution is 0.163. The summed E-state index contributed by atoms with van der Waals surface area (Å²) in [5, 5.41) is 15.3. The molecule has 2 rings (SSSR count). The number of aliphatic hydroxyl groups excluding tert-OH is 1. The molecule has 1 saturated carbocycles. The van der Waals surface area contributed by atoms with E-state index < -0.39 is 5.54 Å². The van der Waals surface area contributed by atoms with Gasteiger partial charge in [0.25, 0.3) is 0 Å². The summed E-state index contributed by atoms with van der Waals surface area (Å²) in [6.45, 7) is 2.57. The summed E-state index contributed by atoms with van der Waals surface area (Å²) in [7, 11) is 1.66. The van der Waals surface area contributed by atoms with Gasteiger partial charge < -0.3 is 20.5 Å². The van der Waals surface area contributed by atoms with Gasteiger partial charge in [0, 0.05) is 6.54 Å². The number of nitrogens with one attached hydrogen (secondary N) is 2. The second kappa shape index (κ2) is 7.49. The minimum Gasteiger partial charge on any atom is -0.496 e. The molecule has 1 aliphatic rings. The monoisotopic (exact) mass is 306 g/mol. The Morgan fingerprint density at radius 3 is 2.73 bits per heavy atom. The molecule has 1 aromatic carbocycles. The van der Waals surface area contributed by atoms with Crippen molar-refractivity contribution in [2.24, 2.45) is 0 Å². The molecule has 0 aliphatic heterocycles. The van der Waals surface area contributed by atoms with Crippen molar-refractivity contribution in [3.63, 3.8) is 0 Å². The molecule has 0 spiro atoms. The fraction of sp³-hybridized carbons (Fsp3) is 0.588.